The minimum absolute atomic E-state index is 0.0875. The molecule has 5 aromatic carbocycles. The molecule has 0 aromatic heterocycles. The minimum Gasteiger partial charge on any atom is -0.497 e. The van der Waals surface area contributed by atoms with E-state index >= 15 is 0 Å². The van der Waals surface area contributed by atoms with Gasteiger partial charge in [-0.25, -0.2) is 0 Å². The third kappa shape index (κ3) is 9.64. The molecule has 1 unspecified atom stereocenters. The second kappa shape index (κ2) is 17.0. The molecule has 9 heteroatoms. The number of rotatable bonds is 13. The summed E-state index contributed by atoms with van der Waals surface area (Å²) in [6.45, 7) is 4.23. The Labute approximate surface area is 296 Å². The Morgan fingerprint density at radius 3 is 1.92 bits per heavy atom. The lowest BCUT2D eigenvalue weighted by molar-refractivity contribution is -0.116. The summed E-state index contributed by atoms with van der Waals surface area (Å²) in [4.78, 5) is 41.4. The quantitative estimate of drug-likeness (QED) is 0.0846. The lowest BCUT2D eigenvalue weighted by atomic mass is 10.0. The lowest BCUT2D eigenvalue weighted by Gasteiger charge is -2.18. The molecular weight excluding hydrogens is 647 g/mol. The van der Waals surface area contributed by atoms with Gasteiger partial charge >= 0.3 is 0 Å². The van der Waals surface area contributed by atoms with E-state index in [1.165, 1.54) is 17.3 Å². The number of hydrogen-bond acceptors (Lipinski definition) is 6. The molecule has 0 bridgehead atoms. The van der Waals surface area contributed by atoms with Gasteiger partial charge in [-0.2, -0.15) is 0 Å². The highest BCUT2D eigenvalue weighted by atomic mass is 32.2. The van der Waals surface area contributed by atoms with E-state index in [1.54, 1.807) is 81.0 Å². The summed E-state index contributed by atoms with van der Waals surface area (Å²) >= 11 is 1.34. The van der Waals surface area contributed by atoms with Crippen LogP contribution in [-0.4, -0.2) is 31.9 Å². The van der Waals surface area contributed by atoms with Crippen molar-refractivity contribution in [3.8, 4) is 11.5 Å². The summed E-state index contributed by atoms with van der Waals surface area (Å²) in [6.07, 6.45) is 1.65. The molecule has 1 atom stereocenters. The average molecular weight is 686 g/mol. The van der Waals surface area contributed by atoms with Gasteiger partial charge in [0, 0.05) is 40.0 Å². The molecule has 0 radical (unpaired) electrons. The van der Waals surface area contributed by atoms with E-state index in [4.69, 9.17) is 9.47 Å². The van der Waals surface area contributed by atoms with Crippen molar-refractivity contribution in [3.05, 3.63) is 155 Å². The Bertz CT molecular complexity index is 1940. The van der Waals surface area contributed by atoms with Gasteiger partial charge < -0.3 is 25.4 Å². The molecule has 254 valence electrons. The highest BCUT2D eigenvalue weighted by Crippen LogP contribution is 2.38. The number of carbonyl (C=O) groups excluding carboxylic acids is 3. The van der Waals surface area contributed by atoms with Gasteiger partial charge in [-0.3, -0.25) is 14.4 Å². The van der Waals surface area contributed by atoms with Crippen molar-refractivity contribution in [3.63, 3.8) is 0 Å². The number of hydrogen-bond donors (Lipinski definition) is 3. The molecule has 5 rings (SSSR count). The Hall–Kier alpha value is -5.80. The SMILES string of the molecule is COc1cc(NC(=O)C(Sc2cccc(NC(=O)/C(=C\c3ccc(C(C)C)cc3)NC(=O)c3ccccc3)c2)c2ccccc2)cc(OC)c1. The van der Waals surface area contributed by atoms with Crippen LogP contribution in [0.4, 0.5) is 11.4 Å². The first-order chi connectivity index (χ1) is 24.2. The molecule has 0 spiro atoms. The third-order valence-corrected chi connectivity index (χ3v) is 9.00. The fourth-order valence-electron chi connectivity index (χ4n) is 5.06. The first-order valence-corrected chi connectivity index (χ1v) is 17.0. The summed E-state index contributed by atoms with van der Waals surface area (Å²) in [6, 6.07) is 38.5. The zero-order valence-electron chi connectivity index (χ0n) is 28.3. The first kappa shape index (κ1) is 35.5. The predicted octanol–water partition coefficient (Wildman–Crippen LogP) is 8.71. The van der Waals surface area contributed by atoms with Crippen molar-refractivity contribution in [2.45, 2.75) is 29.9 Å². The normalized spacial score (nSPS) is 11.7. The van der Waals surface area contributed by atoms with Crippen LogP contribution in [0.3, 0.4) is 0 Å². The summed E-state index contributed by atoms with van der Waals surface area (Å²) in [5.74, 6) is 0.315. The van der Waals surface area contributed by atoms with Gasteiger partial charge in [0.05, 0.1) is 14.2 Å². The lowest BCUT2D eigenvalue weighted by Crippen LogP contribution is -2.30. The zero-order chi connectivity index (χ0) is 35.5. The van der Waals surface area contributed by atoms with Gasteiger partial charge in [-0.15, -0.1) is 11.8 Å². The van der Waals surface area contributed by atoms with E-state index < -0.39 is 17.1 Å². The predicted molar refractivity (Wildman–Crippen MR) is 201 cm³/mol. The average Bonchev–Trinajstić information content (AvgIpc) is 3.14. The fraction of sp³-hybridized carbons (Fsp3) is 0.146. The van der Waals surface area contributed by atoms with Crippen LogP contribution in [0, 0.1) is 0 Å². The van der Waals surface area contributed by atoms with Gasteiger partial charge in [0.2, 0.25) is 5.91 Å². The van der Waals surface area contributed by atoms with E-state index in [-0.39, 0.29) is 11.6 Å². The van der Waals surface area contributed by atoms with Crippen LogP contribution >= 0.6 is 11.8 Å². The number of amides is 3. The second-order valence-corrected chi connectivity index (χ2v) is 12.9. The van der Waals surface area contributed by atoms with Crippen LogP contribution in [0.25, 0.3) is 6.08 Å². The van der Waals surface area contributed by atoms with E-state index in [0.29, 0.717) is 34.4 Å². The van der Waals surface area contributed by atoms with E-state index in [9.17, 15) is 14.4 Å². The van der Waals surface area contributed by atoms with E-state index in [2.05, 4.69) is 29.8 Å². The molecule has 0 saturated carbocycles. The van der Waals surface area contributed by atoms with Crippen molar-refractivity contribution in [1.82, 2.24) is 5.32 Å². The number of nitrogens with one attached hydrogen (secondary N) is 3. The second-order valence-electron chi connectivity index (χ2n) is 11.7. The third-order valence-electron chi connectivity index (χ3n) is 7.75. The first-order valence-electron chi connectivity index (χ1n) is 16.1. The zero-order valence-corrected chi connectivity index (χ0v) is 29.1. The fourth-order valence-corrected chi connectivity index (χ4v) is 6.14. The molecule has 5 aromatic rings. The smallest absolute Gasteiger partial charge is 0.272 e. The summed E-state index contributed by atoms with van der Waals surface area (Å²) in [5, 5.41) is 8.10. The van der Waals surface area contributed by atoms with Crippen LogP contribution in [0.5, 0.6) is 11.5 Å². The van der Waals surface area contributed by atoms with Crippen molar-refractivity contribution in [2.24, 2.45) is 0 Å². The van der Waals surface area contributed by atoms with Crippen molar-refractivity contribution < 1.29 is 23.9 Å². The number of benzene rings is 5. The molecule has 3 N–H and O–H groups in total. The molecule has 0 aliphatic heterocycles. The monoisotopic (exact) mass is 685 g/mol. The van der Waals surface area contributed by atoms with Gasteiger partial charge in [0.25, 0.3) is 11.8 Å². The van der Waals surface area contributed by atoms with Crippen LogP contribution in [0.2, 0.25) is 0 Å². The highest BCUT2D eigenvalue weighted by Gasteiger charge is 2.23. The Morgan fingerprint density at radius 2 is 1.30 bits per heavy atom. The minimum atomic E-state index is -0.631. The van der Waals surface area contributed by atoms with Crippen LogP contribution < -0.4 is 25.4 Å². The maximum atomic E-state index is 13.8. The number of methoxy groups -OCH3 is 2. The van der Waals surface area contributed by atoms with Gasteiger partial charge in [0.15, 0.2) is 0 Å². The largest absolute Gasteiger partial charge is 0.497 e. The molecule has 50 heavy (non-hydrogen) atoms. The van der Waals surface area contributed by atoms with E-state index in [0.717, 1.165) is 16.0 Å². The molecule has 0 heterocycles. The molecule has 0 saturated heterocycles. The van der Waals surface area contributed by atoms with Crippen molar-refractivity contribution >= 4 is 46.9 Å². The summed E-state index contributed by atoms with van der Waals surface area (Å²) in [7, 11) is 3.10. The number of anilines is 2. The van der Waals surface area contributed by atoms with Gasteiger partial charge in [-0.05, 0) is 59.0 Å². The van der Waals surface area contributed by atoms with Crippen LogP contribution in [0.1, 0.15) is 52.1 Å². The summed E-state index contributed by atoms with van der Waals surface area (Å²) < 4.78 is 10.7. The molecule has 0 fully saturated rings. The summed E-state index contributed by atoms with van der Waals surface area (Å²) in [5.41, 5.74) is 4.28. The van der Waals surface area contributed by atoms with Gasteiger partial charge in [0.1, 0.15) is 22.4 Å². The highest BCUT2D eigenvalue weighted by molar-refractivity contribution is 8.00. The van der Waals surface area contributed by atoms with E-state index in [1.807, 2.05) is 66.7 Å². The maximum absolute atomic E-state index is 13.8. The molecular formula is C41H39N3O5S. The Kier molecular flexibility index (Phi) is 12.1. The van der Waals surface area contributed by atoms with Crippen LogP contribution in [-0.2, 0) is 9.59 Å². The Balaban J connectivity index is 1.38. The topological polar surface area (TPSA) is 106 Å². The molecule has 8 nitrogen and oxygen atoms in total. The number of ether oxygens (including phenoxy) is 2. The number of carbonyl (C=O) groups is 3. The van der Waals surface area contributed by atoms with Crippen LogP contribution in [0.15, 0.2) is 138 Å². The van der Waals surface area contributed by atoms with Crippen molar-refractivity contribution in [2.75, 3.05) is 24.9 Å². The number of thioether (sulfide) groups is 1. The molecule has 0 aliphatic rings. The van der Waals surface area contributed by atoms with Gasteiger partial charge in [-0.1, -0.05) is 92.7 Å². The standard InChI is InChI=1S/C41H39N3O5S/c1-27(2)29-20-18-28(19-21-29)22-37(44-39(45)31-14-9-6-10-15-31)40(46)42-32-16-11-17-36(25-32)50-38(30-12-7-5-8-13-30)41(47)43-33-23-34(48-3)26-35(24-33)49-4/h5-27,38H,1-4H3,(H,42,46)(H,43,47)(H,44,45)/b37-22+. The molecule has 0 aliphatic carbocycles. The van der Waals surface area contributed by atoms with Crippen molar-refractivity contribution in [1.29, 1.82) is 0 Å². The Morgan fingerprint density at radius 1 is 0.660 bits per heavy atom. The maximum Gasteiger partial charge on any atom is 0.272 e. The molecule has 3 amide bonds.